The van der Waals surface area contributed by atoms with Crippen LogP contribution in [-0.2, 0) is 17.0 Å². The predicted molar refractivity (Wildman–Crippen MR) is 144 cm³/mol. The molecule has 4 aromatic carbocycles. The lowest BCUT2D eigenvalue weighted by atomic mass is 9.92. The van der Waals surface area contributed by atoms with Gasteiger partial charge in [0.2, 0.25) is 5.66 Å². The highest BCUT2D eigenvalue weighted by Crippen LogP contribution is 2.50. The summed E-state index contributed by atoms with van der Waals surface area (Å²) >= 11 is 13.0. The highest BCUT2D eigenvalue weighted by atomic mass is 35.5. The number of para-hydroxylation sites is 2. The van der Waals surface area contributed by atoms with Gasteiger partial charge in [0, 0.05) is 32.5 Å². The number of amides is 2. The first-order valence-corrected chi connectivity index (χ1v) is 12.3. The summed E-state index contributed by atoms with van der Waals surface area (Å²) in [7, 11) is 0. The molecule has 1 spiro atoms. The molecule has 2 aliphatic heterocycles. The number of hydrogen-bond acceptors (Lipinski definition) is 3. The van der Waals surface area contributed by atoms with Crippen molar-refractivity contribution in [3.8, 4) is 0 Å². The molecule has 4 aromatic rings. The minimum atomic E-state index is -1.48. The summed E-state index contributed by atoms with van der Waals surface area (Å²) in [6.07, 6.45) is 0. The monoisotopic (exact) mass is 513 g/mol. The first kappa shape index (κ1) is 22.7. The van der Waals surface area contributed by atoms with Gasteiger partial charge in [-0.15, -0.1) is 0 Å². The lowest BCUT2D eigenvalue weighted by molar-refractivity contribution is -0.122. The van der Waals surface area contributed by atoms with Crippen molar-refractivity contribution < 1.29 is 9.59 Å². The Morgan fingerprint density at radius 1 is 0.833 bits per heavy atom. The summed E-state index contributed by atoms with van der Waals surface area (Å²) in [5.41, 5.74) is 3.25. The second-order valence-corrected chi connectivity index (χ2v) is 9.78. The van der Waals surface area contributed by atoms with E-state index in [1.807, 2.05) is 73.7 Å². The van der Waals surface area contributed by atoms with Gasteiger partial charge in [0.1, 0.15) is 0 Å². The Hall–Kier alpha value is -3.80. The Morgan fingerprint density at radius 2 is 1.53 bits per heavy atom. The Balaban J connectivity index is 1.59. The number of carbonyl (C=O) groups excluding carboxylic acids is 2. The summed E-state index contributed by atoms with van der Waals surface area (Å²) in [4.78, 5) is 31.9. The molecule has 0 bridgehead atoms. The summed E-state index contributed by atoms with van der Waals surface area (Å²) in [5, 5.41) is 4.42. The fourth-order valence-corrected chi connectivity index (χ4v) is 5.67. The third-order valence-corrected chi connectivity index (χ3v) is 7.50. The molecule has 2 amide bonds. The van der Waals surface area contributed by atoms with Crippen molar-refractivity contribution in [2.75, 3.05) is 15.1 Å². The van der Waals surface area contributed by atoms with Gasteiger partial charge in [-0.1, -0.05) is 71.7 Å². The third-order valence-electron chi connectivity index (χ3n) is 6.79. The van der Waals surface area contributed by atoms with Gasteiger partial charge in [-0.25, -0.2) is 0 Å². The number of nitrogens with zero attached hydrogens (tertiary/aromatic N) is 2. The number of halogens is 2. The average Bonchev–Trinajstić information content (AvgIpc) is 3.09. The van der Waals surface area contributed by atoms with Crippen LogP contribution >= 0.6 is 23.2 Å². The predicted octanol–water partition coefficient (Wildman–Crippen LogP) is 6.77. The van der Waals surface area contributed by atoms with E-state index in [2.05, 4.69) is 5.32 Å². The molecule has 7 heteroatoms. The molecule has 6 rings (SSSR count). The summed E-state index contributed by atoms with van der Waals surface area (Å²) in [5.74, 6) is -0.542. The molecule has 0 saturated heterocycles. The Labute approximate surface area is 218 Å². The van der Waals surface area contributed by atoms with Crippen LogP contribution in [0.2, 0.25) is 10.0 Å². The molecule has 1 N–H and O–H groups in total. The maximum atomic E-state index is 14.6. The molecule has 1 atom stereocenters. The lowest BCUT2D eigenvalue weighted by Gasteiger charge is -2.45. The molecule has 1 unspecified atom stereocenters. The van der Waals surface area contributed by atoms with E-state index in [0.717, 1.165) is 5.56 Å². The number of nitrogens with one attached hydrogen (secondary N) is 1. The topological polar surface area (TPSA) is 52.7 Å². The largest absolute Gasteiger partial charge is 0.350 e. The van der Waals surface area contributed by atoms with E-state index in [1.165, 1.54) is 0 Å². The number of aryl methyl sites for hydroxylation is 1. The highest BCUT2D eigenvalue weighted by molar-refractivity contribution is 6.36. The standard InChI is InChI=1S/C29H21Cl2N3O2/c1-18-8-6-9-19(16-18)34-27(35)20-10-2-4-14-25(20)32-29(34)22-11-3-5-15-26(22)33(28(29)36)17-21-23(30)12-7-13-24(21)31/h2-16,32H,17H2,1H3. The minimum Gasteiger partial charge on any atom is -0.350 e. The maximum absolute atomic E-state index is 14.6. The van der Waals surface area contributed by atoms with Gasteiger partial charge in [-0.05, 0) is 55.0 Å². The van der Waals surface area contributed by atoms with Crippen molar-refractivity contribution in [1.82, 2.24) is 0 Å². The van der Waals surface area contributed by atoms with Gasteiger partial charge < -0.3 is 10.2 Å². The van der Waals surface area contributed by atoms with Gasteiger partial charge in [-0.2, -0.15) is 0 Å². The Morgan fingerprint density at radius 3 is 2.31 bits per heavy atom. The number of rotatable bonds is 3. The molecule has 0 aliphatic carbocycles. The highest BCUT2D eigenvalue weighted by Gasteiger charge is 2.59. The van der Waals surface area contributed by atoms with Crippen LogP contribution in [0.5, 0.6) is 0 Å². The molecule has 5 nitrogen and oxygen atoms in total. The molecule has 178 valence electrons. The van der Waals surface area contributed by atoms with Crippen LogP contribution < -0.4 is 15.1 Å². The Kier molecular flexibility index (Phi) is 5.29. The molecule has 0 radical (unpaired) electrons. The van der Waals surface area contributed by atoms with Crippen molar-refractivity contribution >= 4 is 52.1 Å². The van der Waals surface area contributed by atoms with Gasteiger partial charge >= 0.3 is 0 Å². The zero-order valence-electron chi connectivity index (χ0n) is 19.3. The normalized spacial score (nSPS) is 18.3. The van der Waals surface area contributed by atoms with Gasteiger partial charge in [0.25, 0.3) is 11.8 Å². The van der Waals surface area contributed by atoms with Crippen molar-refractivity contribution in [2.45, 2.75) is 19.1 Å². The van der Waals surface area contributed by atoms with Gasteiger partial charge in [0.15, 0.2) is 0 Å². The number of carbonyl (C=O) groups is 2. The van der Waals surface area contributed by atoms with Crippen molar-refractivity contribution in [1.29, 1.82) is 0 Å². The number of benzene rings is 4. The molecule has 0 saturated carbocycles. The molecule has 2 heterocycles. The molecule has 36 heavy (non-hydrogen) atoms. The third kappa shape index (κ3) is 3.24. The van der Waals surface area contributed by atoms with Crippen LogP contribution in [0, 0.1) is 6.92 Å². The van der Waals surface area contributed by atoms with Crippen LogP contribution in [0.1, 0.15) is 27.0 Å². The van der Waals surface area contributed by atoms with E-state index in [9.17, 15) is 9.59 Å². The zero-order chi connectivity index (χ0) is 25.0. The maximum Gasteiger partial charge on any atom is 0.279 e. The number of fused-ring (bicyclic) bond motifs is 3. The Bertz CT molecular complexity index is 1530. The first-order chi connectivity index (χ1) is 17.4. The van der Waals surface area contributed by atoms with E-state index >= 15 is 0 Å². The van der Waals surface area contributed by atoms with Crippen LogP contribution in [0.15, 0.2) is 91.0 Å². The van der Waals surface area contributed by atoms with Crippen molar-refractivity contribution in [2.24, 2.45) is 0 Å². The summed E-state index contributed by atoms with van der Waals surface area (Å²) in [6, 6.07) is 27.7. The van der Waals surface area contributed by atoms with Crippen molar-refractivity contribution in [3.05, 3.63) is 123 Å². The number of anilines is 3. The van der Waals surface area contributed by atoms with E-state index in [0.29, 0.717) is 43.8 Å². The second-order valence-electron chi connectivity index (χ2n) is 8.97. The first-order valence-electron chi connectivity index (χ1n) is 11.5. The second kappa shape index (κ2) is 8.40. The summed E-state index contributed by atoms with van der Waals surface area (Å²) in [6.45, 7) is 2.12. The SMILES string of the molecule is Cc1cccc(N2C(=O)c3ccccc3NC23C(=O)N(Cc2c(Cl)cccc2Cl)c2ccccc23)c1. The lowest BCUT2D eigenvalue weighted by Crippen LogP contribution is -2.63. The fourth-order valence-electron chi connectivity index (χ4n) is 5.15. The van der Waals surface area contributed by atoms with Crippen LogP contribution in [0.4, 0.5) is 17.1 Å². The fraction of sp³-hybridized carbons (Fsp3) is 0.103. The van der Waals surface area contributed by atoms with E-state index in [-0.39, 0.29) is 18.4 Å². The van der Waals surface area contributed by atoms with Crippen molar-refractivity contribution in [3.63, 3.8) is 0 Å². The quantitative estimate of drug-likeness (QED) is 0.328. The van der Waals surface area contributed by atoms with E-state index in [1.54, 1.807) is 34.1 Å². The van der Waals surface area contributed by atoms with Crippen LogP contribution in [-0.4, -0.2) is 11.8 Å². The molecular weight excluding hydrogens is 493 g/mol. The smallest absolute Gasteiger partial charge is 0.279 e. The molecule has 0 aromatic heterocycles. The molecular formula is C29H21Cl2N3O2. The van der Waals surface area contributed by atoms with E-state index < -0.39 is 5.66 Å². The molecule has 0 fully saturated rings. The number of hydrogen-bond donors (Lipinski definition) is 1. The van der Waals surface area contributed by atoms with Gasteiger partial charge in [-0.3, -0.25) is 14.5 Å². The van der Waals surface area contributed by atoms with Crippen LogP contribution in [0.3, 0.4) is 0 Å². The van der Waals surface area contributed by atoms with Gasteiger partial charge in [0.05, 0.1) is 17.8 Å². The van der Waals surface area contributed by atoms with Crippen LogP contribution in [0.25, 0.3) is 0 Å². The zero-order valence-corrected chi connectivity index (χ0v) is 20.8. The molecule has 2 aliphatic rings. The van der Waals surface area contributed by atoms with E-state index in [4.69, 9.17) is 23.2 Å². The summed E-state index contributed by atoms with van der Waals surface area (Å²) < 4.78 is 0. The average molecular weight is 514 g/mol. The minimum absolute atomic E-state index is 0.162.